The maximum absolute atomic E-state index is 6.37. The Morgan fingerprint density at radius 3 is 2.68 bits per heavy atom. The zero-order chi connectivity index (χ0) is 14.0. The van der Waals surface area contributed by atoms with Crippen molar-refractivity contribution in [1.82, 2.24) is 4.90 Å². The van der Waals surface area contributed by atoms with Crippen LogP contribution in [0.3, 0.4) is 0 Å². The summed E-state index contributed by atoms with van der Waals surface area (Å²) in [6.07, 6.45) is 0.928. The summed E-state index contributed by atoms with van der Waals surface area (Å²) >= 11 is 0. The van der Waals surface area contributed by atoms with Crippen LogP contribution in [0, 0.1) is 6.92 Å². The zero-order valence-electron chi connectivity index (χ0n) is 12.5. The maximum Gasteiger partial charge on any atom is 0.122 e. The third-order valence-electron chi connectivity index (χ3n) is 3.97. The fraction of sp³-hybridized carbons (Fsp3) is 0.733. The van der Waals surface area contributed by atoms with Gasteiger partial charge in [0.05, 0.1) is 19.3 Å². The van der Waals surface area contributed by atoms with Crippen LogP contribution in [0.25, 0.3) is 0 Å². The van der Waals surface area contributed by atoms with Gasteiger partial charge in [0.1, 0.15) is 11.5 Å². The highest BCUT2D eigenvalue weighted by Crippen LogP contribution is 2.34. The van der Waals surface area contributed by atoms with E-state index in [9.17, 15) is 0 Å². The van der Waals surface area contributed by atoms with Gasteiger partial charge >= 0.3 is 0 Å². The lowest BCUT2D eigenvalue weighted by atomic mass is 9.94. The summed E-state index contributed by atoms with van der Waals surface area (Å²) in [5.74, 6) is 1.91. The molecule has 19 heavy (non-hydrogen) atoms. The number of morpholine rings is 1. The quantitative estimate of drug-likeness (QED) is 0.909. The number of nitrogens with zero attached hydrogens (tertiary/aromatic N) is 1. The largest absolute Gasteiger partial charge is 0.465 e. The summed E-state index contributed by atoms with van der Waals surface area (Å²) in [6, 6.07) is 4.26. The molecule has 0 amide bonds. The Bertz CT molecular complexity index is 414. The van der Waals surface area contributed by atoms with Gasteiger partial charge in [0.25, 0.3) is 0 Å². The molecule has 0 bridgehead atoms. The highest BCUT2D eigenvalue weighted by atomic mass is 16.5. The van der Waals surface area contributed by atoms with E-state index in [4.69, 9.17) is 14.9 Å². The molecule has 2 N–H and O–H groups in total. The van der Waals surface area contributed by atoms with Crippen molar-refractivity contribution >= 4 is 0 Å². The van der Waals surface area contributed by atoms with Crippen LogP contribution < -0.4 is 5.73 Å². The van der Waals surface area contributed by atoms with Gasteiger partial charge in [-0.2, -0.15) is 0 Å². The second kappa shape index (κ2) is 5.65. The Labute approximate surface area is 115 Å². The van der Waals surface area contributed by atoms with Crippen LogP contribution in [0.5, 0.6) is 0 Å². The summed E-state index contributed by atoms with van der Waals surface area (Å²) in [6.45, 7) is 10.9. The molecule has 1 saturated heterocycles. The standard InChI is InChI=1S/C15H26N2O2/c1-5-12(16)14(13-7-6-11(2)19-13)17-8-9-18-10-15(17,3)4/h6-7,12,14H,5,8-10,16H2,1-4H3. The number of furan rings is 1. The molecule has 1 aliphatic rings. The Kier molecular flexibility index (Phi) is 4.33. The van der Waals surface area contributed by atoms with Gasteiger partial charge in [-0.05, 0) is 39.3 Å². The minimum Gasteiger partial charge on any atom is -0.465 e. The summed E-state index contributed by atoms with van der Waals surface area (Å²) < 4.78 is 11.5. The molecular weight excluding hydrogens is 240 g/mol. The average Bonchev–Trinajstić information content (AvgIpc) is 2.77. The molecule has 1 aliphatic heterocycles. The van der Waals surface area contributed by atoms with E-state index in [-0.39, 0.29) is 17.6 Å². The van der Waals surface area contributed by atoms with Crippen LogP contribution in [0.2, 0.25) is 0 Å². The first-order valence-corrected chi connectivity index (χ1v) is 7.12. The van der Waals surface area contributed by atoms with E-state index < -0.39 is 0 Å². The van der Waals surface area contributed by atoms with Crippen LogP contribution in [-0.2, 0) is 4.74 Å². The van der Waals surface area contributed by atoms with Crippen LogP contribution in [-0.4, -0.2) is 36.2 Å². The monoisotopic (exact) mass is 266 g/mol. The molecule has 0 aromatic carbocycles. The summed E-state index contributed by atoms with van der Waals surface area (Å²) in [5.41, 5.74) is 6.35. The SMILES string of the molecule is CCC(N)C(c1ccc(C)o1)N1CCOCC1(C)C. The molecule has 0 spiro atoms. The van der Waals surface area contributed by atoms with E-state index in [0.717, 1.165) is 37.7 Å². The van der Waals surface area contributed by atoms with Gasteiger partial charge in [0.2, 0.25) is 0 Å². The minimum atomic E-state index is -0.0175. The highest BCUT2D eigenvalue weighted by molar-refractivity contribution is 5.13. The summed E-state index contributed by atoms with van der Waals surface area (Å²) in [7, 11) is 0. The first-order valence-electron chi connectivity index (χ1n) is 7.12. The van der Waals surface area contributed by atoms with Gasteiger partial charge in [-0.15, -0.1) is 0 Å². The topological polar surface area (TPSA) is 51.6 Å². The van der Waals surface area contributed by atoms with E-state index in [0.29, 0.717) is 0 Å². The van der Waals surface area contributed by atoms with Crippen molar-refractivity contribution in [3.63, 3.8) is 0 Å². The molecule has 4 nitrogen and oxygen atoms in total. The van der Waals surface area contributed by atoms with Crippen LogP contribution in [0.15, 0.2) is 16.5 Å². The summed E-state index contributed by atoms with van der Waals surface area (Å²) in [4.78, 5) is 2.43. The van der Waals surface area contributed by atoms with Gasteiger partial charge in [-0.1, -0.05) is 6.92 Å². The van der Waals surface area contributed by atoms with E-state index in [2.05, 4.69) is 31.7 Å². The Morgan fingerprint density at radius 1 is 1.42 bits per heavy atom. The number of rotatable bonds is 4. The molecule has 1 fully saturated rings. The lowest BCUT2D eigenvalue weighted by Crippen LogP contribution is -2.57. The molecule has 2 unspecified atom stereocenters. The van der Waals surface area contributed by atoms with Gasteiger partial charge in [0.15, 0.2) is 0 Å². The second-order valence-corrected chi connectivity index (χ2v) is 6.02. The highest BCUT2D eigenvalue weighted by Gasteiger charge is 2.39. The van der Waals surface area contributed by atoms with Crippen molar-refractivity contribution in [3.05, 3.63) is 23.7 Å². The molecule has 2 heterocycles. The smallest absolute Gasteiger partial charge is 0.122 e. The first-order chi connectivity index (χ1) is 8.95. The van der Waals surface area contributed by atoms with Crippen molar-refractivity contribution in [2.24, 2.45) is 5.73 Å². The van der Waals surface area contributed by atoms with Gasteiger partial charge in [0, 0.05) is 18.1 Å². The Morgan fingerprint density at radius 2 is 2.16 bits per heavy atom. The third kappa shape index (κ3) is 3.02. The molecule has 2 atom stereocenters. The number of aryl methyl sites for hydroxylation is 1. The van der Waals surface area contributed by atoms with E-state index in [1.165, 1.54) is 0 Å². The number of hydrogen-bond donors (Lipinski definition) is 1. The third-order valence-corrected chi connectivity index (χ3v) is 3.97. The Hall–Kier alpha value is -0.840. The number of ether oxygens (including phenoxy) is 1. The predicted octanol–water partition coefficient (Wildman–Crippen LogP) is 2.48. The zero-order valence-corrected chi connectivity index (χ0v) is 12.5. The predicted molar refractivity (Wildman–Crippen MR) is 76.1 cm³/mol. The number of hydrogen-bond acceptors (Lipinski definition) is 4. The lowest BCUT2D eigenvalue weighted by Gasteiger charge is -2.47. The first kappa shape index (κ1) is 14.6. The van der Waals surface area contributed by atoms with E-state index in [1.807, 2.05) is 13.0 Å². The Balaban J connectivity index is 2.32. The molecular formula is C15H26N2O2. The van der Waals surface area contributed by atoms with Gasteiger partial charge in [-0.3, -0.25) is 4.90 Å². The molecule has 4 heteroatoms. The number of nitrogens with two attached hydrogens (primary N) is 1. The molecule has 108 valence electrons. The van der Waals surface area contributed by atoms with E-state index in [1.54, 1.807) is 0 Å². The average molecular weight is 266 g/mol. The van der Waals surface area contributed by atoms with Crippen molar-refractivity contribution < 1.29 is 9.15 Å². The van der Waals surface area contributed by atoms with Crippen molar-refractivity contribution in [2.45, 2.75) is 51.7 Å². The maximum atomic E-state index is 6.37. The second-order valence-electron chi connectivity index (χ2n) is 6.02. The molecule has 0 saturated carbocycles. The lowest BCUT2D eigenvalue weighted by molar-refractivity contribution is -0.0816. The molecule has 0 aliphatic carbocycles. The fourth-order valence-electron chi connectivity index (χ4n) is 2.82. The van der Waals surface area contributed by atoms with Crippen LogP contribution in [0.4, 0.5) is 0 Å². The molecule has 2 rings (SSSR count). The van der Waals surface area contributed by atoms with Crippen LogP contribution in [0.1, 0.15) is 44.8 Å². The van der Waals surface area contributed by atoms with Crippen molar-refractivity contribution in [2.75, 3.05) is 19.8 Å². The van der Waals surface area contributed by atoms with Gasteiger partial charge < -0.3 is 14.9 Å². The van der Waals surface area contributed by atoms with E-state index >= 15 is 0 Å². The molecule has 1 aromatic heterocycles. The fourth-order valence-corrected chi connectivity index (χ4v) is 2.82. The summed E-state index contributed by atoms with van der Waals surface area (Å²) in [5, 5.41) is 0. The minimum absolute atomic E-state index is 0.0175. The van der Waals surface area contributed by atoms with Crippen molar-refractivity contribution in [3.8, 4) is 0 Å². The normalized spacial score (nSPS) is 23.2. The van der Waals surface area contributed by atoms with Gasteiger partial charge in [-0.25, -0.2) is 0 Å². The molecule has 1 aromatic rings. The van der Waals surface area contributed by atoms with Crippen LogP contribution >= 0.6 is 0 Å². The van der Waals surface area contributed by atoms with Crippen molar-refractivity contribution in [1.29, 1.82) is 0 Å². The molecule has 0 radical (unpaired) electrons.